The van der Waals surface area contributed by atoms with Crippen LogP contribution >= 0.6 is 0 Å². The number of amides is 1. The zero-order valence-corrected chi connectivity index (χ0v) is 16.0. The lowest BCUT2D eigenvalue weighted by molar-refractivity contribution is 0.0453. The summed E-state index contributed by atoms with van der Waals surface area (Å²) < 4.78 is 0. The van der Waals surface area contributed by atoms with Crippen LogP contribution in [-0.4, -0.2) is 41.9 Å². The largest absolute Gasteiger partial charge is 0.335 e. The Balaban J connectivity index is 1.54. The van der Waals surface area contributed by atoms with Crippen LogP contribution in [0.15, 0.2) is 48.5 Å². The maximum atomic E-state index is 13.1. The fourth-order valence-corrected chi connectivity index (χ4v) is 4.21. The summed E-state index contributed by atoms with van der Waals surface area (Å²) >= 11 is 0. The Bertz CT molecular complexity index is 804. The van der Waals surface area contributed by atoms with Crippen molar-refractivity contribution in [3.05, 3.63) is 70.8 Å². The second kappa shape index (κ2) is 6.55. The molecule has 1 unspecified atom stereocenters. The summed E-state index contributed by atoms with van der Waals surface area (Å²) in [5.74, 6) is 0.160. The van der Waals surface area contributed by atoms with Gasteiger partial charge in [0.15, 0.2) is 0 Å². The Labute approximate surface area is 156 Å². The molecule has 1 fully saturated rings. The molecule has 2 aromatic carbocycles. The molecule has 1 saturated heterocycles. The number of carbonyl (C=O) groups excluding carboxylic acids is 1. The van der Waals surface area contributed by atoms with E-state index in [1.807, 2.05) is 17.0 Å². The Hall–Kier alpha value is -2.13. The van der Waals surface area contributed by atoms with Crippen LogP contribution in [0.2, 0.25) is 0 Å². The molecular formula is C23H28N2O. The van der Waals surface area contributed by atoms with E-state index in [4.69, 9.17) is 0 Å². The van der Waals surface area contributed by atoms with E-state index >= 15 is 0 Å². The lowest BCUT2D eigenvalue weighted by Crippen LogP contribution is -2.52. The van der Waals surface area contributed by atoms with Crippen molar-refractivity contribution in [2.24, 2.45) is 0 Å². The molecule has 1 atom stereocenters. The first-order valence-electron chi connectivity index (χ1n) is 9.65. The van der Waals surface area contributed by atoms with Crippen molar-refractivity contribution in [2.45, 2.75) is 38.6 Å². The molecule has 0 aliphatic carbocycles. The second-order valence-electron chi connectivity index (χ2n) is 8.58. The molecule has 0 radical (unpaired) electrons. The van der Waals surface area contributed by atoms with Crippen molar-refractivity contribution in [2.75, 3.05) is 26.2 Å². The summed E-state index contributed by atoms with van der Waals surface area (Å²) in [6.07, 6.45) is 1.12. The van der Waals surface area contributed by atoms with E-state index in [-0.39, 0.29) is 11.3 Å². The minimum atomic E-state index is 0.110. The molecule has 0 bridgehead atoms. The normalized spacial score (nSPS) is 20.4. The lowest BCUT2D eigenvalue weighted by atomic mass is 9.86. The molecule has 1 amide bonds. The molecule has 0 N–H and O–H groups in total. The van der Waals surface area contributed by atoms with Gasteiger partial charge in [0.2, 0.25) is 0 Å². The minimum absolute atomic E-state index is 0.110. The highest BCUT2D eigenvalue weighted by Crippen LogP contribution is 2.33. The molecule has 0 spiro atoms. The minimum Gasteiger partial charge on any atom is -0.335 e. The zero-order chi connectivity index (χ0) is 18.3. The average Bonchev–Trinajstić information content (AvgIpc) is 2.66. The molecule has 0 saturated carbocycles. The third-order valence-electron chi connectivity index (χ3n) is 5.86. The van der Waals surface area contributed by atoms with Crippen molar-refractivity contribution in [3.63, 3.8) is 0 Å². The van der Waals surface area contributed by atoms with Crippen molar-refractivity contribution in [1.82, 2.24) is 9.80 Å². The molecule has 4 rings (SSSR count). The van der Waals surface area contributed by atoms with E-state index in [2.05, 4.69) is 62.1 Å². The molecule has 2 aromatic rings. The summed E-state index contributed by atoms with van der Waals surface area (Å²) in [6, 6.07) is 17.2. The van der Waals surface area contributed by atoms with Crippen molar-refractivity contribution >= 4 is 5.91 Å². The highest BCUT2D eigenvalue weighted by Gasteiger charge is 2.34. The average molecular weight is 348 g/mol. The number of fused-ring (bicyclic) bond motifs is 3. The number of hydrogen-bond donors (Lipinski definition) is 0. The Morgan fingerprint density at radius 2 is 1.69 bits per heavy atom. The van der Waals surface area contributed by atoms with Gasteiger partial charge in [-0.3, -0.25) is 9.69 Å². The quantitative estimate of drug-likeness (QED) is 0.776. The van der Waals surface area contributed by atoms with E-state index in [0.717, 1.165) is 38.2 Å². The van der Waals surface area contributed by atoms with Gasteiger partial charge in [0, 0.05) is 31.7 Å². The molecule has 3 heteroatoms. The van der Waals surface area contributed by atoms with Gasteiger partial charge in [0.05, 0.1) is 6.04 Å². The van der Waals surface area contributed by atoms with Gasteiger partial charge in [0.1, 0.15) is 0 Å². The number of rotatable bonds is 1. The van der Waals surface area contributed by atoms with Crippen LogP contribution in [0.25, 0.3) is 0 Å². The van der Waals surface area contributed by atoms with Crippen LogP contribution in [0, 0.1) is 0 Å². The second-order valence-corrected chi connectivity index (χ2v) is 8.58. The number of carbonyl (C=O) groups is 1. The summed E-state index contributed by atoms with van der Waals surface area (Å²) in [7, 11) is 0. The van der Waals surface area contributed by atoms with Crippen LogP contribution in [0.4, 0.5) is 0 Å². The molecule has 26 heavy (non-hydrogen) atoms. The first-order chi connectivity index (χ1) is 12.4. The summed E-state index contributed by atoms with van der Waals surface area (Å²) in [5.41, 5.74) is 5.02. The predicted molar refractivity (Wildman–Crippen MR) is 106 cm³/mol. The van der Waals surface area contributed by atoms with Crippen LogP contribution < -0.4 is 0 Å². The third kappa shape index (κ3) is 3.16. The highest BCUT2D eigenvalue weighted by molar-refractivity contribution is 5.94. The van der Waals surface area contributed by atoms with E-state index in [1.54, 1.807) is 0 Å². The maximum absolute atomic E-state index is 13.1. The Morgan fingerprint density at radius 3 is 2.42 bits per heavy atom. The number of nitrogens with zero attached hydrogens (tertiary/aromatic N) is 2. The fourth-order valence-electron chi connectivity index (χ4n) is 4.21. The predicted octanol–water partition coefficient (Wildman–Crippen LogP) is 4.04. The van der Waals surface area contributed by atoms with Gasteiger partial charge in [-0.05, 0) is 40.7 Å². The smallest absolute Gasteiger partial charge is 0.253 e. The first-order valence-corrected chi connectivity index (χ1v) is 9.65. The van der Waals surface area contributed by atoms with Gasteiger partial charge in [-0.2, -0.15) is 0 Å². The van der Waals surface area contributed by atoms with Gasteiger partial charge < -0.3 is 4.90 Å². The summed E-state index contributed by atoms with van der Waals surface area (Å²) in [5, 5.41) is 0. The lowest BCUT2D eigenvalue weighted by Gasteiger charge is -2.45. The molecule has 2 aliphatic rings. The van der Waals surface area contributed by atoms with Gasteiger partial charge >= 0.3 is 0 Å². The van der Waals surface area contributed by atoms with E-state index in [9.17, 15) is 4.79 Å². The molecule has 2 aliphatic heterocycles. The Kier molecular flexibility index (Phi) is 4.36. The number of benzene rings is 2. The maximum Gasteiger partial charge on any atom is 0.253 e. The van der Waals surface area contributed by atoms with Crippen molar-refractivity contribution in [3.8, 4) is 0 Å². The monoisotopic (exact) mass is 348 g/mol. The van der Waals surface area contributed by atoms with E-state index < -0.39 is 0 Å². The van der Waals surface area contributed by atoms with E-state index in [1.165, 1.54) is 16.7 Å². The summed E-state index contributed by atoms with van der Waals surface area (Å²) in [4.78, 5) is 17.6. The zero-order valence-electron chi connectivity index (χ0n) is 16.0. The molecule has 136 valence electrons. The van der Waals surface area contributed by atoms with Crippen LogP contribution in [0.1, 0.15) is 53.9 Å². The van der Waals surface area contributed by atoms with Gasteiger partial charge in [-0.15, -0.1) is 0 Å². The van der Waals surface area contributed by atoms with E-state index in [0.29, 0.717) is 6.04 Å². The fraction of sp³-hybridized carbons (Fsp3) is 0.435. The van der Waals surface area contributed by atoms with Crippen LogP contribution in [-0.2, 0) is 11.8 Å². The molecule has 2 heterocycles. The van der Waals surface area contributed by atoms with Gasteiger partial charge in [-0.1, -0.05) is 57.2 Å². The SMILES string of the molecule is CC(C)(C)c1ccc(C(=O)N2CCN3CCc4ccccc4C3C2)cc1. The topological polar surface area (TPSA) is 23.6 Å². The first kappa shape index (κ1) is 17.3. The molecular weight excluding hydrogens is 320 g/mol. The van der Waals surface area contributed by atoms with Gasteiger partial charge in [-0.25, -0.2) is 0 Å². The highest BCUT2D eigenvalue weighted by atomic mass is 16.2. The third-order valence-corrected chi connectivity index (χ3v) is 5.86. The Morgan fingerprint density at radius 1 is 0.962 bits per heavy atom. The van der Waals surface area contributed by atoms with Gasteiger partial charge in [0.25, 0.3) is 5.91 Å². The van der Waals surface area contributed by atoms with Crippen LogP contribution in [0.3, 0.4) is 0 Å². The standard InChI is InChI=1S/C23H28N2O/c1-23(2,3)19-10-8-18(9-11-19)22(26)25-15-14-24-13-12-17-6-4-5-7-20(17)21(24)16-25/h4-11,21H,12-16H2,1-3H3. The molecule has 3 nitrogen and oxygen atoms in total. The van der Waals surface area contributed by atoms with Crippen LogP contribution in [0.5, 0.6) is 0 Å². The molecule has 0 aromatic heterocycles. The van der Waals surface area contributed by atoms with Crippen molar-refractivity contribution in [1.29, 1.82) is 0 Å². The number of piperazine rings is 1. The van der Waals surface area contributed by atoms with Crippen molar-refractivity contribution < 1.29 is 4.79 Å². The number of hydrogen-bond acceptors (Lipinski definition) is 2. The summed E-state index contributed by atoms with van der Waals surface area (Å²) in [6.45, 7) is 10.3.